The second kappa shape index (κ2) is 14.4. The van der Waals surface area contributed by atoms with Crippen LogP contribution in [-0.4, -0.2) is 47.6 Å². The van der Waals surface area contributed by atoms with Gasteiger partial charge in [0, 0.05) is 23.7 Å². The van der Waals surface area contributed by atoms with Gasteiger partial charge in [0.1, 0.15) is 5.75 Å². The molecule has 0 fully saturated rings. The topological polar surface area (TPSA) is 105 Å². The Kier molecular flexibility index (Phi) is 10.5. The fourth-order valence-electron chi connectivity index (χ4n) is 5.20. The number of nitrogens with two attached hydrogens (primary N) is 1. The molecule has 42 heavy (non-hydrogen) atoms. The first-order valence-corrected chi connectivity index (χ1v) is 14.1. The minimum atomic E-state index is -0.923. The number of nitrogens with zero attached hydrogens (tertiary/aromatic N) is 1. The molecule has 0 saturated carbocycles. The summed E-state index contributed by atoms with van der Waals surface area (Å²) in [5.74, 6) is -0.144. The molecule has 0 aliphatic heterocycles. The highest BCUT2D eigenvalue weighted by Crippen LogP contribution is 2.29. The van der Waals surface area contributed by atoms with Crippen LogP contribution in [0, 0.1) is 0 Å². The lowest BCUT2D eigenvalue weighted by atomic mass is 9.94. The zero-order valence-electron chi connectivity index (χ0n) is 24.3. The number of aliphatic hydroxyl groups is 1. The minimum absolute atomic E-state index is 0.0740. The molecule has 0 heterocycles. The molecular formula is C35H39N3O4. The van der Waals surface area contributed by atoms with E-state index in [0.29, 0.717) is 12.0 Å². The van der Waals surface area contributed by atoms with Crippen molar-refractivity contribution in [1.29, 1.82) is 0 Å². The van der Waals surface area contributed by atoms with Crippen molar-refractivity contribution in [2.24, 2.45) is 5.73 Å². The molecular weight excluding hydrogens is 526 g/mol. The Balaban J connectivity index is 1.71. The molecule has 0 aliphatic rings. The second-order valence-corrected chi connectivity index (χ2v) is 10.5. The van der Waals surface area contributed by atoms with Crippen LogP contribution >= 0.6 is 0 Å². The predicted molar refractivity (Wildman–Crippen MR) is 165 cm³/mol. The number of nitrogens with one attached hydrogen (secondary N) is 1. The van der Waals surface area contributed by atoms with Crippen molar-refractivity contribution < 1.29 is 19.4 Å². The number of carbonyl (C=O) groups excluding carboxylic acids is 2. The number of primary amides is 1. The van der Waals surface area contributed by atoms with E-state index >= 15 is 0 Å². The highest BCUT2D eigenvalue weighted by Gasteiger charge is 2.35. The summed E-state index contributed by atoms with van der Waals surface area (Å²) in [4.78, 5) is 28.0. The van der Waals surface area contributed by atoms with Crippen LogP contribution in [0.15, 0.2) is 109 Å². The van der Waals surface area contributed by atoms with Crippen molar-refractivity contribution in [2.75, 3.05) is 13.7 Å². The van der Waals surface area contributed by atoms with E-state index in [0.717, 1.165) is 22.4 Å². The third-order valence-electron chi connectivity index (χ3n) is 7.64. The van der Waals surface area contributed by atoms with Gasteiger partial charge in [0.25, 0.3) is 5.91 Å². The average Bonchev–Trinajstić information content (AvgIpc) is 3.03. The second-order valence-electron chi connectivity index (χ2n) is 10.5. The van der Waals surface area contributed by atoms with Crippen LogP contribution in [-0.2, 0) is 6.42 Å². The van der Waals surface area contributed by atoms with E-state index in [1.807, 2.05) is 98.8 Å². The Hall–Kier alpha value is -4.46. The fourth-order valence-corrected chi connectivity index (χ4v) is 5.20. The Bertz CT molecular complexity index is 1460. The Labute approximate surface area is 247 Å². The van der Waals surface area contributed by atoms with E-state index in [9.17, 15) is 14.7 Å². The molecule has 0 radical (unpaired) electrons. The number of carbonyl (C=O) groups is 2. The normalized spacial score (nSPS) is 13.9. The van der Waals surface area contributed by atoms with E-state index in [1.54, 1.807) is 30.2 Å². The molecule has 4 N–H and O–H groups in total. The summed E-state index contributed by atoms with van der Waals surface area (Å²) in [6.45, 7) is 4.23. The molecule has 4 aromatic carbocycles. The van der Waals surface area contributed by atoms with E-state index in [1.165, 1.54) is 6.07 Å². The average molecular weight is 566 g/mol. The summed E-state index contributed by atoms with van der Waals surface area (Å²) in [5, 5.41) is 15.3. The zero-order chi connectivity index (χ0) is 30.1. The van der Waals surface area contributed by atoms with Gasteiger partial charge in [-0.3, -0.25) is 9.59 Å². The maximum Gasteiger partial charge on any atom is 0.254 e. The number of benzene rings is 4. The predicted octanol–water partition coefficient (Wildman–Crippen LogP) is 5.32. The summed E-state index contributed by atoms with van der Waals surface area (Å²) >= 11 is 0. The summed E-state index contributed by atoms with van der Waals surface area (Å²) in [6.07, 6.45) is -0.497. The highest BCUT2D eigenvalue weighted by atomic mass is 16.5. The molecule has 0 unspecified atom stereocenters. The van der Waals surface area contributed by atoms with E-state index in [2.05, 4.69) is 5.32 Å². The van der Waals surface area contributed by atoms with Gasteiger partial charge in [0.05, 0.1) is 25.3 Å². The van der Waals surface area contributed by atoms with Crippen LogP contribution in [0.4, 0.5) is 0 Å². The van der Waals surface area contributed by atoms with Crippen LogP contribution in [0.5, 0.6) is 5.75 Å². The van der Waals surface area contributed by atoms with Gasteiger partial charge in [-0.05, 0) is 67.3 Å². The van der Waals surface area contributed by atoms with Crippen LogP contribution < -0.4 is 15.8 Å². The van der Waals surface area contributed by atoms with Gasteiger partial charge in [-0.1, -0.05) is 78.9 Å². The number of ether oxygens (including phenoxy) is 1. The van der Waals surface area contributed by atoms with Crippen molar-refractivity contribution in [3.8, 4) is 5.75 Å². The van der Waals surface area contributed by atoms with Gasteiger partial charge < -0.3 is 25.8 Å². The molecule has 218 valence electrons. The van der Waals surface area contributed by atoms with Gasteiger partial charge in [-0.15, -0.1) is 0 Å². The smallest absolute Gasteiger partial charge is 0.254 e. The van der Waals surface area contributed by atoms with Gasteiger partial charge in [-0.25, -0.2) is 0 Å². The van der Waals surface area contributed by atoms with Crippen molar-refractivity contribution >= 4 is 11.8 Å². The molecule has 0 bridgehead atoms. The lowest BCUT2D eigenvalue weighted by Crippen LogP contribution is -2.52. The van der Waals surface area contributed by atoms with Gasteiger partial charge in [0.15, 0.2) is 0 Å². The quantitative estimate of drug-likeness (QED) is 0.204. The Morgan fingerprint density at radius 1 is 0.833 bits per heavy atom. The van der Waals surface area contributed by atoms with Crippen molar-refractivity contribution in [2.45, 2.75) is 44.5 Å². The van der Waals surface area contributed by atoms with Gasteiger partial charge in [0.2, 0.25) is 5.91 Å². The van der Waals surface area contributed by atoms with Crippen molar-refractivity contribution in [3.05, 3.63) is 137 Å². The molecule has 4 aromatic rings. The molecule has 4 atom stereocenters. The van der Waals surface area contributed by atoms with Crippen LogP contribution in [0.1, 0.15) is 63.3 Å². The molecule has 0 saturated heterocycles. The lowest BCUT2D eigenvalue weighted by Gasteiger charge is -2.40. The van der Waals surface area contributed by atoms with Gasteiger partial charge in [-0.2, -0.15) is 0 Å². The third kappa shape index (κ3) is 7.63. The number of hydrogen-bond acceptors (Lipinski definition) is 5. The standard InChI is InChI=1S/C35H39N3O4/c1-24(28-16-11-19-31(22-28)42-3)37-23-33(39)32(20-26-12-6-4-7-13-26)38(25(2)27-14-8-5-9-15-27)35(41)30-18-10-17-29(21-30)34(36)40/h4-19,21-22,24-25,32-33,37,39H,20,23H2,1-3H3,(H2,36,40)/t24-,25+,32+,33-/m1/s1. The summed E-state index contributed by atoms with van der Waals surface area (Å²) < 4.78 is 5.38. The van der Waals surface area contributed by atoms with Crippen molar-refractivity contribution in [3.63, 3.8) is 0 Å². The number of methoxy groups -OCH3 is 1. The highest BCUT2D eigenvalue weighted by molar-refractivity contribution is 5.99. The molecule has 2 amide bonds. The van der Waals surface area contributed by atoms with Gasteiger partial charge >= 0.3 is 0 Å². The largest absolute Gasteiger partial charge is 0.497 e. The van der Waals surface area contributed by atoms with Crippen molar-refractivity contribution in [1.82, 2.24) is 10.2 Å². The molecule has 7 heteroatoms. The third-order valence-corrected chi connectivity index (χ3v) is 7.64. The summed E-state index contributed by atoms with van der Waals surface area (Å²) in [6, 6.07) is 32.7. The molecule has 4 rings (SSSR count). The lowest BCUT2D eigenvalue weighted by molar-refractivity contribution is 0.0215. The van der Waals surface area contributed by atoms with Crippen LogP contribution in [0.2, 0.25) is 0 Å². The maximum absolute atomic E-state index is 14.3. The van der Waals surface area contributed by atoms with E-state index in [4.69, 9.17) is 10.5 Å². The van der Waals surface area contributed by atoms with E-state index in [-0.39, 0.29) is 30.1 Å². The first-order valence-electron chi connectivity index (χ1n) is 14.1. The minimum Gasteiger partial charge on any atom is -0.497 e. The molecule has 0 aromatic heterocycles. The first kappa shape index (κ1) is 30.5. The number of aliphatic hydroxyl groups excluding tert-OH is 1. The molecule has 0 aliphatic carbocycles. The Morgan fingerprint density at radius 3 is 2.12 bits per heavy atom. The maximum atomic E-state index is 14.3. The Morgan fingerprint density at radius 2 is 1.45 bits per heavy atom. The molecule has 0 spiro atoms. The summed E-state index contributed by atoms with van der Waals surface area (Å²) in [5.41, 5.74) is 9.06. The van der Waals surface area contributed by atoms with E-state index < -0.39 is 18.1 Å². The summed E-state index contributed by atoms with van der Waals surface area (Å²) in [7, 11) is 1.63. The first-order chi connectivity index (χ1) is 20.3. The zero-order valence-corrected chi connectivity index (χ0v) is 24.3. The number of amides is 2. The number of rotatable bonds is 13. The SMILES string of the molecule is COc1cccc([C@@H](C)NC[C@@H](O)[C@H](Cc2ccccc2)N(C(=O)c2cccc(C(N)=O)c2)[C@@H](C)c2ccccc2)c1. The van der Waals surface area contributed by atoms with Crippen LogP contribution in [0.25, 0.3) is 0 Å². The monoisotopic (exact) mass is 565 g/mol. The number of hydrogen-bond donors (Lipinski definition) is 3. The fraction of sp³-hybridized carbons (Fsp3) is 0.257. The molecule has 7 nitrogen and oxygen atoms in total. The van der Waals surface area contributed by atoms with Crippen LogP contribution in [0.3, 0.4) is 0 Å².